The summed E-state index contributed by atoms with van der Waals surface area (Å²) in [6.45, 7) is 5.50. The zero-order chi connectivity index (χ0) is 23.5. The van der Waals surface area contributed by atoms with Gasteiger partial charge in [-0.25, -0.2) is 8.42 Å². The number of carbonyl (C=O) groups is 2. The fraction of sp³-hybridized carbons (Fsp3) is 0.227. The van der Waals surface area contributed by atoms with E-state index in [0.717, 1.165) is 21.3 Å². The first-order valence-corrected chi connectivity index (χ1v) is 11.3. The molecule has 9 nitrogen and oxygen atoms in total. The van der Waals surface area contributed by atoms with Gasteiger partial charge in [0.25, 0.3) is 21.8 Å². The molecular formula is C22H25N5O4S. The van der Waals surface area contributed by atoms with E-state index in [0.29, 0.717) is 5.69 Å². The molecule has 3 rings (SSSR count). The van der Waals surface area contributed by atoms with Crippen molar-refractivity contribution < 1.29 is 18.0 Å². The van der Waals surface area contributed by atoms with Crippen LogP contribution in [-0.2, 0) is 21.4 Å². The van der Waals surface area contributed by atoms with Crippen LogP contribution in [0.15, 0.2) is 59.5 Å². The van der Waals surface area contributed by atoms with Crippen LogP contribution in [0.3, 0.4) is 0 Å². The maximum absolute atomic E-state index is 13.0. The molecule has 0 radical (unpaired) electrons. The first-order chi connectivity index (χ1) is 15.1. The van der Waals surface area contributed by atoms with Gasteiger partial charge in [-0.15, -0.1) is 0 Å². The molecule has 10 heteroatoms. The Labute approximate surface area is 187 Å². The number of hydrogen-bond donors (Lipinski definition) is 2. The largest absolute Gasteiger partial charge is 0.271 e. The second kappa shape index (κ2) is 9.23. The van der Waals surface area contributed by atoms with Crippen molar-refractivity contribution in [3.8, 4) is 0 Å². The molecule has 168 valence electrons. The first kappa shape index (κ1) is 23.0. The number of nitrogens with zero attached hydrogens (tertiary/aromatic N) is 3. The number of aryl methyl sites for hydroxylation is 3. The number of sulfonamides is 1. The minimum absolute atomic E-state index is 0.0396. The summed E-state index contributed by atoms with van der Waals surface area (Å²) >= 11 is 0. The van der Waals surface area contributed by atoms with E-state index >= 15 is 0 Å². The van der Waals surface area contributed by atoms with Gasteiger partial charge in [0.1, 0.15) is 6.54 Å². The average Bonchev–Trinajstić information content (AvgIpc) is 3.08. The zero-order valence-electron chi connectivity index (χ0n) is 18.3. The normalized spacial score (nSPS) is 11.1. The van der Waals surface area contributed by atoms with Crippen LogP contribution in [0, 0.1) is 20.8 Å². The molecule has 0 aliphatic carbocycles. The van der Waals surface area contributed by atoms with Crippen LogP contribution < -0.4 is 15.2 Å². The Bertz CT molecular complexity index is 1250. The predicted octanol–water partition coefficient (Wildman–Crippen LogP) is 2.09. The van der Waals surface area contributed by atoms with Crippen molar-refractivity contribution in [1.82, 2.24) is 20.6 Å². The van der Waals surface area contributed by atoms with Crippen LogP contribution in [0.1, 0.15) is 27.3 Å². The predicted molar refractivity (Wildman–Crippen MR) is 121 cm³/mol. The molecule has 1 heterocycles. The molecule has 0 aliphatic heterocycles. The average molecular weight is 456 g/mol. The molecular weight excluding hydrogens is 430 g/mol. The van der Waals surface area contributed by atoms with E-state index in [9.17, 15) is 18.0 Å². The number of carbonyl (C=O) groups excluding carboxylic acids is 2. The van der Waals surface area contributed by atoms with Crippen molar-refractivity contribution in [3.05, 3.63) is 77.1 Å². The summed E-state index contributed by atoms with van der Waals surface area (Å²) in [6.07, 6.45) is 0. The zero-order valence-corrected chi connectivity index (χ0v) is 19.1. The molecule has 0 fully saturated rings. The molecule has 0 spiro atoms. The molecule has 0 atom stereocenters. The van der Waals surface area contributed by atoms with E-state index < -0.39 is 21.8 Å². The number of rotatable bonds is 6. The lowest BCUT2D eigenvalue weighted by Crippen LogP contribution is -2.43. The molecule has 0 saturated heterocycles. The summed E-state index contributed by atoms with van der Waals surface area (Å²) < 4.78 is 28.7. The Morgan fingerprint density at radius 1 is 1.00 bits per heavy atom. The summed E-state index contributed by atoms with van der Waals surface area (Å²) in [5.41, 5.74) is 7.83. The minimum Gasteiger partial charge on any atom is -0.271 e. The van der Waals surface area contributed by atoms with Gasteiger partial charge in [-0.1, -0.05) is 23.8 Å². The minimum atomic E-state index is -3.88. The van der Waals surface area contributed by atoms with Crippen LogP contribution in [0.5, 0.6) is 0 Å². The number of hydrazine groups is 1. The summed E-state index contributed by atoms with van der Waals surface area (Å²) in [5.74, 6) is -1.10. The van der Waals surface area contributed by atoms with Gasteiger partial charge in [0, 0.05) is 18.3 Å². The van der Waals surface area contributed by atoms with Gasteiger partial charge in [-0.3, -0.25) is 29.4 Å². The standard InChI is InChI=1S/C22H25N5O4S/c1-15-8-10-19(11-9-15)26(4)32(30,31)20-7-5-6-18(13-20)22(29)24-23-21(28)14-27-17(3)12-16(2)25-27/h5-13H,14H2,1-4H3,(H,23,28)(H,24,29). The highest BCUT2D eigenvalue weighted by atomic mass is 32.2. The topological polar surface area (TPSA) is 113 Å². The molecule has 2 aromatic carbocycles. The van der Waals surface area contributed by atoms with Crippen LogP contribution in [-0.4, -0.2) is 37.1 Å². The first-order valence-electron chi connectivity index (χ1n) is 9.84. The van der Waals surface area contributed by atoms with E-state index in [1.54, 1.807) is 12.1 Å². The van der Waals surface area contributed by atoms with Crippen LogP contribution >= 0.6 is 0 Å². The third-order valence-electron chi connectivity index (χ3n) is 4.86. The molecule has 0 saturated carbocycles. The molecule has 2 N–H and O–H groups in total. The van der Waals surface area contributed by atoms with Crippen molar-refractivity contribution in [2.24, 2.45) is 0 Å². The van der Waals surface area contributed by atoms with E-state index in [1.807, 2.05) is 39.0 Å². The van der Waals surface area contributed by atoms with Gasteiger partial charge >= 0.3 is 0 Å². The van der Waals surface area contributed by atoms with Gasteiger partial charge in [0.15, 0.2) is 0 Å². The van der Waals surface area contributed by atoms with E-state index in [4.69, 9.17) is 0 Å². The van der Waals surface area contributed by atoms with E-state index in [-0.39, 0.29) is 17.0 Å². The second-order valence-corrected chi connectivity index (χ2v) is 9.39. The highest BCUT2D eigenvalue weighted by Crippen LogP contribution is 2.23. The van der Waals surface area contributed by atoms with Crippen LogP contribution in [0.25, 0.3) is 0 Å². The third kappa shape index (κ3) is 5.14. The number of anilines is 1. The molecule has 2 amide bonds. The monoisotopic (exact) mass is 455 g/mol. The van der Waals surface area contributed by atoms with Gasteiger partial charge in [0.05, 0.1) is 16.3 Å². The fourth-order valence-electron chi connectivity index (χ4n) is 3.06. The van der Waals surface area contributed by atoms with Crippen LogP contribution in [0.2, 0.25) is 0 Å². The van der Waals surface area contributed by atoms with E-state index in [2.05, 4.69) is 16.0 Å². The van der Waals surface area contributed by atoms with Gasteiger partial charge in [-0.2, -0.15) is 5.10 Å². The van der Waals surface area contributed by atoms with Crippen molar-refractivity contribution in [2.75, 3.05) is 11.4 Å². The smallest absolute Gasteiger partial charge is 0.269 e. The highest BCUT2D eigenvalue weighted by molar-refractivity contribution is 7.92. The van der Waals surface area contributed by atoms with Crippen molar-refractivity contribution >= 4 is 27.5 Å². The number of amides is 2. The molecule has 3 aromatic rings. The van der Waals surface area contributed by atoms with Crippen molar-refractivity contribution in [1.29, 1.82) is 0 Å². The molecule has 0 bridgehead atoms. The maximum atomic E-state index is 13.0. The number of aromatic nitrogens is 2. The lowest BCUT2D eigenvalue weighted by atomic mass is 10.2. The Morgan fingerprint density at radius 2 is 1.69 bits per heavy atom. The Hall–Kier alpha value is -3.66. The SMILES string of the molecule is Cc1ccc(N(C)S(=O)(=O)c2cccc(C(=O)NNC(=O)Cn3nc(C)cc3C)c2)cc1. The summed E-state index contributed by atoms with van der Waals surface area (Å²) in [7, 11) is -2.43. The molecule has 0 unspecified atom stereocenters. The highest BCUT2D eigenvalue weighted by Gasteiger charge is 2.22. The van der Waals surface area contributed by atoms with Gasteiger partial charge in [-0.05, 0) is 57.2 Å². The Morgan fingerprint density at radius 3 is 2.31 bits per heavy atom. The van der Waals surface area contributed by atoms with Gasteiger partial charge in [0.2, 0.25) is 0 Å². The molecule has 1 aromatic heterocycles. The Balaban J connectivity index is 1.69. The van der Waals surface area contributed by atoms with E-state index in [1.165, 1.54) is 36.0 Å². The molecule has 32 heavy (non-hydrogen) atoms. The van der Waals surface area contributed by atoms with Crippen LogP contribution in [0.4, 0.5) is 5.69 Å². The third-order valence-corrected chi connectivity index (χ3v) is 6.65. The number of nitrogens with one attached hydrogen (secondary N) is 2. The number of benzene rings is 2. The number of hydrogen-bond acceptors (Lipinski definition) is 5. The van der Waals surface area contributed by atoms with Gasteiger partial charge < -0.3 is 0 Å². The second-order valence-electron chi connectivity index (χ2n) is 7.42. The van der Waals surface area contributed by atoms with Crippen molar-refractivity contribution in [2.45, 2.75) is 32.2 Å². The Kier molecular flexibility index (Phi) is 6.64. The maximum Gasteiger partial charge on any atom is 0.269 e. The summed E-state index contributed by atoms with van der Waals surface area (Å²) in [5, 5.41) is 4.19. The summed E-state index contributed by atoms with van der Waals surface area (Å²) in [6, 6.07) is 14.5. The van der Waals surface area contributed by atoms with Crippen molar-refractivity contribution in [3.63, 3.8) is 0 Å². The lowest BCUT2D eigenvalue weighted by Gasteiger charge is -2.20. The fourth-order valence-corrected chi connectivity index (χ4v) is 4.30. The molecule has 0 aliphatic rings. The lowest BCUT2D eigenvalue weighted by molar-refractivity contribution is -0.122. The quantitative estimate of drug-likeness (QED) is 0.553. The summed E-state index contributed by atoms with van der Waals surface area (Å²) in [4.78, 5) is 24.5.